The predicted octanol–water partition coefficient (Wildman–Crippen LogP) is 3.34. The minimum atomic E-state index is -0.374. The average molecular weight is 352 g/mol. The summed E-state index contributed by atoms with van der Waals surface area (Å²) in [5, 5.41) is 12.8. The van der Waals surface area contributed by atoms with Crippen LogP contribution < -0.4 is 5.32 Å². The summed E-state index contributed by atoms with van der Waals surface area (Å²) in [7, 11) is 0. The summed E-state index contributed by atoms with van der Waals surface area (Å²) >= 11 is 1.61. The highest BCUT2D eigenvalue weighted by Gasteiger charge is 2.13. The standard InChI is InChI=1S/C18H16N4O2S/c1-11-12(2)25-18-16(11)17(21-10-22-18)20-8-15(23)24-9-14-5-3-13(7-19)4-6-14/h3-6,10H,8-9H2,1-2H3,(H,20,21,22). The van der Waals surface area contributed by atoms with Crippen molar-refractivity contribution in [3.63, 3.8) is 0 Å². The van der Waals surface area contributed by atoms with E-state index in [1.807, 2.05) is 19.9 Å². The van der Waals surface area contributed by atoms with Crippen molar-refractivity contribution in [3.05, 3.63) is 52.2 Å². The molecule has 0 amide bonds. The third-order valence-corrected chi connectivity index (χ3v) is 4.96. The van der Waals surface area contributed by atoms with Crippen molar-refractivity contribution in [2.24, 2.45) is 0 Å². The zero-order valence-electron chi connectivity index (χ0n) is 13.9. The maximum Gasteiger partial charge on any atom is 0.325 e. The molecule has 0 aliphatic heterocycles. The Morgan fingerprint density at radius 3 is 2.76 bits per heavy atom. The lowest BCUT2D eigenvalue weighted by Gasteiger charge is -2.08. The van der Waals surface area contributed by atoms with Crippen molar-refractivity contribution in [2.45, 2.75) is 20.5 Å². The van der Waals surface area contributed by atoms with E-state index in [0.717, 1.165) is 21.3 Å². The number of nitrogens with zero attached hydrogens (tertiary/aromatic N) is 3. The van der Waals surface area contributed by atoms with Crippen LogP contribution in [0.25, 0.3) is 10.2 Å². The first-order valence-electron chi connectivity index (χ1n) is 7.67. The summed E-state index contributed by atoms with van der Waals surface area (Å²) in [6.45, 7) is 4.25. The van der Waals surface area contributed by atoms with Crippen LogP contribution >= 0.6 is 11.3 Å². The number of thiophene rings is 1. The molecule has 1 aromatic carbocycles. The molecule has 0 saturated heterocycles. The van der Waals surface area contributed by atoms with Gasteiger partial charge in [0.1, 0.15) is 30.1 Å². The molecule has 0 saturated carbocycles. The highest BCUT2D eigenvalue weighted by Crippen LogP contribution is 2.32. The Hall–Kier alpha value is -2.98. The van der Waals surface area contributed by atoms with Crippen molar-refractivity contribution in [1.29, 1.82) is 5.26 Å². The number of hydrogen-bond donors (Lipinski definition) is 1. The fourth-order valence-corrected chi connectivity index (χ4v) is 3.36. The van der Waals surface area contributed by atoms with E-state index in [-0.39, 0.29) is 19.1 Å². The molecule has 3 aromatic rings. The van der Waals surface area contributed by atoms with Crippen LogP contribution in [0.2, 0.25) is 0 Å². The number of nitriles is 1. The lowest BCUT2D eigenvalue weighted by atomic mass is 10.2. The quantitative estimate of drug-likeness (QED) is 0.709. The molecule has 7 heteroatoms. The molecular formula is C18H16N4O2S. The van der Waals surface area contributed by atoms with E-state index in [4.69, 9.17) is 10.00 Å². The van der Waals surface area contributed by atoms with E-state index >= 15 is 0 Å². The van der Waals surface area contributed by atoms with Crippen LogP contribution in [0, 0.1) is 25.2 Å². The van der Waals surface area contributed by atoms with Crippen LogP contribution in [-0.2, 0) is 16.1 Å². The first-order chi connectivity index (χ1) is 12.1. The van der Waals surface area contributed by atoms with Gasteiger partial charge in [0.25, 0.3) is 0 Å². The second-order valence-electron chi connectivity index (χ2n) is 5.51. The number of esters is 1. The Bertz CT molecular complexity index is 958. The van der Waals surface area contributed by atoms with Crippen LogP contribution in [0.5, 0.6) is 0 Å². The largest absolute Gasteiger partial charge is 0.460 e. The summed E-state index contributed by atoms with van der Waals surface area (Å²) in [6, 6.07) is 8.98. The number of rotatable bonds is 5. The molecule has 0 radical (unpaired) electrons. The third kappa shape index (κ3) is 3.75. The molecule has 0 aliphatic carbocycles. The number of carbonyl (C=O) groups is 1. The van der Waals surface area contributed by atoms with Gasteiger partial charge in [-0.2, -0.15) is 5.26 Å². The smallest absolute Gasteiger partial charge is 0.325 e. The van der Waals surface area contributed by atoms with Gasteiger partial charge in [0.05, 0.1) is 17.0 Å². The van der Waals surface area contributed by atoms with Gasteiger partial charge in [0, 0.05) is 4.88 Å². The lowest BCUT2D eigenvalue weighted by molar-refractivity contribution is -0.142. The van der Waals surface area contributed by atoms with Crippen molar-refractivity contribution in [2.75, 3.05) is 11.9 Å². The topological polar surface area (TPSA) is 87.9 Å². The number of aryl methyl sites for hydroxylation is 2. The number of fused-ring (bicyclic) bond motifs is 1. The van der Waals surface area contributed by atoms with Gasteiger partial charge in [-0.15, -0.1) is 11.3 Å². The number of nitrogens with one attached hydrogen (secondary N) is 1. The van der Waals surface area contributed by atoms with Crippen molar-refractivity contribution >= 4 is 33.3 Å². The van der Waals surface area contributed by atoms with Crippen molar-refractivity contribution in [1.82, 2.24) is 9.97 Å². The summed E-state index contributed by atoms with van der Waals surface area (Å²) in [4.78, 5) is 22.6. The van der Waals surface area contributed by atoms with Crippen molar-refractivity contribution in [3.8, 4) is 6.07 Å². The Balaban J connectivity index is 1.60. The van der Waals surface area contributed by atoms with Crippen LogP contribution in [-0.4, -0.2) is 22.5 Å². The first-order valence-corrected chi connectivity index (χ1v) is 8.49. The zero-order valence-corrected chi connectivity index (χ0v) is 14.7. The van der Waals surface area contributed by atoms with Gasteiger partial charge in [-0.3, -0.25) is 4.79 Å². The van der Waals surface area contributed by atoms with Gasteiger partial charge >= 0.3 is 5.97 Å². The summed E-state index contributed by atoms with van der Waals surface area (Å²) in [5.41, 5.74) is 2.53. The SMILES string of the molecule is Cc1sc2ncnc(NCC(=O)OCc3ccc(C#N)cc3)c2c1C. The van der Waals surface area contributed by atoms with E-state index in [9.17, 15) is 4.79 Å². The second-order valence-corrected chi connectivity index (χ2v) is 6.71. The molecule has 0 atom stereocenters. The van der Waals surface area contributed by atoms with E-state index in [2.05, 4.69) is 15.3 Å². The third-order valence-electron chi connectivity index (χ3n) is 3.85. The van der Waals surface area contributed by atoms with E-state index < -0.39 is 0 Å². The Morgan fingerprint density at radius 1 is 1.28 bits per heavy atom. The van der Waals surface area contributed by atoms with Crippen LogP contribution in [0.1, 0.15) is 21.6 Å². The van der Waals surface area contributed by atoms with Gasteiger partial charge in [-0.1, -0.05) is 12.1 Å². The van der Waals surface area contributed by atoms with E-state index in [1.54, 1.807) is 35.6 Å². The van der Waals surface area contributed by atoms with Gasteiger partial charge < -0.3 is 10.1 Å². The van der Waals surface area contributed by atoms with Gasteiger partial charge in [0.15, 0.2) is 0 Å². The number of carbonyl (C=O) groups excluding carboxylic acids is 1. The molecule has 1 N–H and O–H groups in total. The molecule has 0 aliphatic rings. The minimum Gasteiger partial charge on any atom is -0.460 e. The number of benzene rings is 1. The Labute approximate surface area is 149 Å². The van der Waals surface area contributed by atoms with Crippen molar-refractivity contribution < 1.29 is 9.53 Å². The van der Waals surface area contributed by atoms with Gasteiger partial charge in [-0.25, -0.2) is 9.97 Å². The fraction of sp³-hybridized carbons (Fsp3) is 0.222. The molecule has 6 nitrogen and oxygen atoms in total. The zero-order chi connectivity index (χ0) is 17.8. The first kappa shape index (κ1) is 16.9. The summed E-state index contributed by atoms with van der Waals surface area (Å²) in [6.07, 6.45) is 1.49. The molecule has 0 bridgehead atoms. The monoisotopic (exact) mass is 352 g/mol. The predicted molar refractivity (Wildman–Crippen MR) is 96.3 cm³/mol. The fourth-order valence-electron chi connectivity index (χ4n) is 2.36. The van der Waals surface area contributed by atoms with E-state index in [1.165, 1.54) is 11.2 Å². The number of ether oxygens (including phenoxy) is 1. The Kier molecular flexibility index (Phi) is 4.91. The highest BCUT2D eigenvalue weighted by atomic mass is 32.1. The Morgan fingerprint density at radius 2 is 2.04 bits per heavy atom. The van der Waals surface area contributed by atoms with Crippen LogP contribution in [0.3, 0.4) is 0 Å². The molecule has 0 spiro atoms. The van der Waals surface area contributed by atoms with Crippen LogP contribution in [0.15, 0.2) is 30.6 Å². The highest BCUT2D eigenvalue weighted by molar-refractivity contribution is 7.18. The molecule has 126 valence electrons. The normalized spacial score (nSPS) is 10.4. The average Bonchev–Trinajstić information content (AvgIpc) is 2.93. The minimum absolute atomic E-state index is 0.0245. The molecule has 2 aromatic heterocycles. The van der Waals surface area contributed by atoms with Crippen LogP contribution in [0.4, 0.5) is 5.82 Å². The maximum absolute atomic E-state index is 12.0. The molecular weight excluding hydrogens is 336 g/mol. The lowest BCUT2D eigenvalue weighted by Crippen LogP contribution is -2.17. The summed E-state index contributed by atoms with van der Waals surface area (Å²) in [5.74, 6) is 0.267. The van der Waals surface area contributed by atoms with E-state index in [0.29, 0.717) is 11.4 Å². The van der Waals surface area contributed by atoms with Gasteiger partial charge in [0.2, 0.25) is 0 Å². The molecule has 0 unspecified atom stereocenters. The molecule has 25 heavy (non-hydrogen) atoms. The van der Waals surface area contributed by atoms with Gasteiger partial charge in [-0.05, 0) is 37.1 Å². The maximum atomic E-state index is 12.0. The molecule has 0 fully saturated rings. The number of anilines is 1. The number of hydrogen-bond acceptors (Lipinski definition) is 7. The molecule has 3 rings (SSSR count). The second kappa shape index (κ2) is 7.28. The molecule has 2 heterocycles. The summed E-state index contributed by atoms with van der Waals surface area (Å²) < 4.78 is 5.25. The number of aromatic nitrogens is 2.